The third kappa shape index (κ3) is 10.6. The summed E-state index contributed by atoms with van der Waals surface area (Å²) < 4.78 is 21.8. The molecular formula is C12H24N2O5S. The highest BCUT2D eigenvalue weighted by molar-refractivity contribution is 7.90. The van der Waals surface area contributed by atoms with Crippen LogP contribution in [0.5, 0.6) is 0 Å². The van der Waals surface area contributed by atoms with Gasteiger partial charge in [-0.3, -0.25) is 4.79 Å². The molecule has 0 aliphatic carbocycles. The third-order valence-electron chi connectivity index (χ3n) is 2.83. The molecule has 118 valence electrons. The van der Waals surface area contributed by atoms with E-state index in [9.17, 15) is 18.0 Å². The minimum Gasteiger partial charge on any atom is -0.481 e. The molecular weight excluding hydrogens is 284 g/mol. The van der Waals surface area contributed by atoms with Crippen molar-refractivity contribution in [3.8, 4) is 0 Å². The predicted octanol–water partition coefficient (Wildman–Crippen LogP) is 0.610. The van der Waals surface area contributed by atoms with Crippen LogP contribution in [0.25, 0.3) is 0 Å². The summed E-state index contributed by atoms with van der Waals surface area (Å²) >= 11 is 0. The number of carboxylic acids is 1. The zero-order valence-corrected chi connectivity index (χ0v) is 13.0. The quantitative estimate of drug-likeness (QED) is 0.577. The largest absolute Gasteiger partial charge is 0.481 e. The Labute approximate surface area is 120 Å². The molecule has 2 unspecified atom stereocenters. The van der Waals surface area contributed by atoms with Crippen molar-refractivity contribution in [2.45, 2.75) is 39.2 Å². The molecule has 7 nitrogen and oxygen atoms in total. The average molecular weight is 308 g/mol. The van der Waals surface area contributed by atoms with Gasteiger partial charge in [-0.05, 0) is 19.8 Å². The first-order chi connectivity index (χ1) is 9.11. The standard InChI is InChI=1S/C12H24N2O5S/c1-9(11(15)16)5-4-6-10(2)14-12(17)13-7-8-20(3,18)19/h9-10H,4-8H2,1-3H3,(H,15,16)(H2,13,14,17). The van der Waals surface area contributed by atoms with Gasteiger partial charge in [0.05, 0.1) is 11.7 Å². The fourth-order valence-corrected chi connectivity index (χ4v) is 2.02. The van der Waals surface area contributed by atoms with Crippen LogP contribution in [0.15, 0.2) is 0 Å². The van der Waals surface area contributed by atoms with Crippen LogP contribution in [0, 0.1) is 5.92 Å². The summed E-state index contributed by atoms with van der Waals surface area (Å²) in [5.41, 5.74) is 0. The zero-order chi connectivity index (χ0) is 15.8. The Balaban J connectivity index is 3.77. The number of rotatable bonds is 9. The number of carboxylic acid groups (broad SMARTS) is 1. The Hall–Kier alpha value is -1.31. The van der Waals surface area contributed by atoms with Gasteiger partial charge in [-0.2, -0.15) is 0 Å². The molecule has 0 aromatic rings. The molecule has 3 N–H and O–H groups in total. The summed E-state index contributed by atoms with van der Waals surface area (Å²) in [6, 6.07) is -0.498. The van der Waals surface area contributed by atoms with E-state index in [1.807, 2.05) is 6.92 Å². The number of carbonyl (C=O) groups is 2. The van der Waals surface area contributed by atoms with Crippen LogP contribution < -0.4 is 10.6 Å². The maximum absolute atomic E-state index is 11.4. The van der Waals surface area contributed by atoms with E-state index in [1.165, 1.54) is 0 Å². The molecule has 0 aromatic heterocycles. The lowest BCUT2D eigenvalue weighted by Crippen LogP contribution is -2.42. The topological polar surface area (TPSA) is 113 Å². The monoisotopic (exact) mass is 308 g/mol. The maximum Gasteiger partial charge on any atom is 0.315 e. The Bertz CT molecular complexity index is 422. The molecule has 2 atom stereocenters. The number of hydrogen-bond acceptors (Lipinski definition) is 4. The smallest absolute Gasteiger partial charge is 0.315 e. The first-order valence-electron chi connectivity index (χ1n) is 6.56. The van der Waals surface area contributed by atoms with Gasteiger partial charge in [0, 0.05) is 18.8 Å². The molecule has 0 radical (unpaired) electrons. The minimum absolute atomic E-state index is 0.0768. The van der Waals surface area contributed by atoms with Gasteiger partial charge in [0.15, 0.2) is 0 Å². The van der Waals surface area contributed by atoms with Crippen LogP contribution in [0.3, 0.4) is 0 Å². The molecule has 0 saturated heterocycles. The van der Waals surface area contributed by atoms with Gasteiger partial charge in [-0.15, -0.1) is 0 Å². The molecule has 0 heterocycles. The highest BCUT2D eigenvalue weighted by Gasteiger charge is 2.12. The predicted molar refractivity (Wildman–Crippen MR) is 76.4 cm³/mol. The van der Waals surface area contributed by atoms with Crippen LogP contribution >= 0.6 is 0 Å². The summed E-state index contributed by atoms with van der Waals surface area (Å²) in [6.45, 7) is 3.55. The average Bonchev–Trinajstić information content (AvgIpc) is 2.26. The van der Waals surface area contributed by atoms with Crippen LogP contribution in [0.2, 0.25) is 0 Å². The summed E-state index contributed by atoms with van der Waals surface area (Å²) in [6.07, 6.45) is 3.06. The first-order valence-corrected chi connectivity index (χ1v) is 8.62. The van der Waals surface area contributed by atoms with Gasteiger partial charge in [-0.1, -0.05) is 13.3 Å². The molecule has 0 saturated carbocycles. The third-order valence-corrected chi connectivity index (χ3v) is 3.78. The Morgan fingerprint density at radius 1 is 1.20 bits per heavy atom. The Morgan fingerprint density at radius 2 is 1.80 bits per heavy atom. The second-order valence-corrected chi connectivity index (χ2v) is 7.36. The van der Waals surface area contributed by atoms with Gasteiger partial charge in [0.1, 0.15) is 9.84 Å². The van der Waals surface area contributed by atoms with E-state index in [-0.39, 0.29) is 24.3 Å². The van der Waals surface area contributed by atoms with Crippen molar-refractivity contribution in [3.63, 3.8) is 0 Å². The van der Waals surface area contributed by atoms with Crippen molar-refractivity contribution >= 4 is 21.8 Å². The van der Waals surface area contributed by atoms with E-state index in [0.717, 1.165) is 6.26 Å². The normalized spacial score (nSPS) is 14.3. The summed E-state index contributed by atoms with van der Waals surface area (Å²) in [4.78, 5) is 22.1. The van der Waals surface area contributed by atoms with Crippen molar-refractivity contribution in [1.29, 1.82) is 0 Å². The number of aliphatic carboxylic acids is 1. The van der Waals surface area contributed by atoms with Gasteiger partial charge in [0.2, 0.25) is 0 Å². The lowest BCUT2D eigenvalue weighted by Gasteiger charge is -2.15. The summed E-state index contributed by atoms with van der Waals surface area (Å²) in [7, 11) is -3.08. The highest BCUT2D eigenvalue weighted by atomic mass is 32.2. The number of carbonyl (C=O) groups excluding carboxylic acids is 1. The van der Waals surface area contributed by atoms with Crippen molar-refractivity contribution in [3.05, 3.63) is 0 Å². The van der Waals surface area contributed by atoms with Crippen LogP contribution in [0.4, 0.5) is 4.79 Å². The van der Waals surface area contributed by atoms with E-state index in [4.69, 9.17) is 5.11 Å². The molecule has 0 spiro atoms. The SMILES string of the molecule is CC(CCCC(C)C(=O)O)NC(=O)NCCS(C)(=O)=O. The molecule has 0 fully saturated rings. The van der Waals surface area contributed by atoms with E-state index in [2.05, 4.69) is 10.6 Å². The second-order valence-electron chi connectivity index (χ2n) is 5.10. The van der Waals surface area contributed by atoms with E-state index < -0.39 is 21.8 Å². The molecule has 0 rings (SSSR count). The van der Waals surface area contributed by atoms with Crippen LogP contribution in [0.1, 0.15) is 33.1 Å². The maximum atomic E-state index is 11.4. The molecule has 8 heteroatoms. The molecule has 0 bridgehead atoms. The van der Waals surface area contributed by atoms with E-state index in [0.29, 0.717) is 19.3 Å². The lowest BCUT2D eigenvalue weighted by molar-refractivity contribution is -0.141. The molecule has 0 aromatic carbocycles. The van der Waals surface area contributed by atoms with Gasteiger partial charge in [-0.25, -0.2) is 13.2 Å². The lowest BCUT2D eigenvalue weighted by atomic mass is 10.0. The zero-order valence-electron chi connectivity index (χ0n) is 12.2. The number of urea groups is 1. The van der Waals surface area contributed by atoms with Gasteiger partial charge in [0.25, 0.3) is 0 Å². The molecule has 20 heavy (non-hydrogen) atoms. The number of sulfone groups is 1. The van der Waals surface area contributed by atoms with Crippen molar-refractivity contribution in [2.75, 3.05) is 18.6 Å². The van der Waals surface area contributed by atoms with Crippen molar-refractivity contribution < 1.29 is 23.1 Å². The summed E-state index contributed by atoms with van der Waals surface area (Å²) in [5, 5.41) is 13.9. The summed E-state index contributed by atoms with van der Waals surface area (Å²) in [5.74, 6) is -1.29. The fourth-order valence-electron chi connectivity index (χ4n) is 1.55. The Morgan fingerprint density at radius 3 is 2.30 bits per heavy atom. The van der Waals surface area contributed by atoms with Crippen molar-refractivity contribution in [2.24, 2.45) is 5.92 Å². The van der Waals surface area contributed by atoms with E-state index >= 15 is 0 Å². The van der Waals surface area contributed by atoms with Crippen LogP contribution in [-0.2, 0) is 14.6 Å². The minimum atomic E-state index is -3.08. The van der Waals surface area contributed by atoms with E-state index in [1.54, 1.807) is 6.92 Å². The van der Waals surface area contributed by atoms with Gasteiger partial charge < -0.3 is 15.7 Å². The number of nitrogens with one attached hydrogen (secondary N) is 2. The molecule has 2 amide bonds. The van der Waals surface area contributed by atoms with Crippen molar-refractivity contribution in [1.82, 2.24) is 10.6 Å². The number of amides is 2. The van der Waals surface area contributed by atoms with Gasteiger partial charge >= 0.3 is 12.0 Å². The Kier molecular flexibility index (Phi) is 8.21. The highest BCUT2D eigenvalue weighted by Crippen LogP contribution is 2.09. The molecule has 0 aliphatic heterocycles. The molecule has 0 aliphatic rings. The number of hydrogen-bond donors (Lipinski definition) is 3. The van der Waals surface area contributed by atoms with Crippen LogP contribution in [-0.4, -0.2) is 50.1 Å². The first kappa shape index (κ1) is 18.7. The fraction of sp³-hybridized carbons (Fsp3) is 0.833. The second kappa shape index (κ2) is 8.78.